The Kier molecular flexibility index (Phi) is 6.44. The maximum Gasteiger partial charge on any atom is 0.269 e. The van der Waals surface area contributed by atoms with Crippen molar-refractivity contribution < 1.29 is 14.5 Å². The van der Waals surface area contributed by atoms with Gasteiger partial charge >= 0.3 is 0 Å². The molecular weight excluding hydrogens is 346 g/mol. The number of nitro groups is 1. The summed E-state index contributed by atoms with van der Waals surface area (Å²) >= 11 is 0. The van der Waals surface area contributed by atoms with E-state index in [0.29, 0.717) is 16.8 Å². The standard InChI is InChI=1S/C20H17N3O4/c1-3-15-5-4-6-18(13-15)22(14-19(24)21-2)20(25)12-9-16-7-10-17(11-8-16)23(26)27/h1,4-13H,14H2,2H3,(H,21,24)/b12-9+. The molecule has 0 saturated heterocycles. The molecule has 0 aliphatic carbocycles. The van der Waals surface area contributed by atoms with Crippen LogP contribution in [-0.2, 0) is 9.59 Å². The van der Waals surface area contributed by atoms with E-state index in [1.807, 2.05) is 0 Å². The summed E-state index contributed by atoms with van der Waals surface area (Å²) in [4.78, 5) is 35.9. The number of nitrogens with zero attached hydrogens (tertiary/aromatic N) is 2. The van der Waals surface area contributed by atoms with Gasteiger partial charge in [0.25, 0.3) is 11.6 Å². The number of hydrogen-bond donors (Lipinski definition) is 1. The third-order valence-corrected chi connectivity index (χ3v) is 3.69. The molecule has 7 nitrogen and oxygen atoms in total. The summed E-state index contributed by atoms with van der Waals surface area (Å²) in [6.07, 6.45) is 8.22. The van der Waals surface area contributed by atoms with Crippen LogP contribution < -0.4 is 10.2 Å². The van der Waals surface area contributed by atoms with Crippen molar-refractivity contribution in [3.63, 3.8) is 0 Å². The summed E-state index contributed by atoms with van der Waals surface area (Å²) in [6.45, 7) is -0.173. The molecule has 0 aliphatic rings. The van der Waals surface area contributed by atoms with Crippen molar-refractivity contribution in [1.29, 1.82) is 0 Å². The van der Waals surface area contributed by atoms with Gasteiger partial charge in [0.15, 0.2) is 0 Å². The Labute approximate surface area is 156 Å². The Morgan fingerprint density at radius 3 is 2.56 bits per heavy atom. The SMILES string of the molecule is C#Cc1cccc(N(CC(=O)NC)C(=O)/C=C/c2ccc([N+](=O)[O-])cc2)c1. The zero-order valence-electron chi connectivity index (χ0n) is 14.6. The number of carbonyl (C=O) groups excluding carboxylic acids is 2. The maximum atomic E-state index is 12.6. The molecule has 0 bridgehead atoms. The van der Waals surface area contributed by atoms with Crippen molar-refractivity contribution in [3.05, 3.63) is 75.8 Å². The number of amides is 2. The lowest BCUT2D eigenvalue weighted by Gasteiger charge is -2.20. The second kappa shape index (κ2) is 8.97. The van der Waals surface area contributed by atoms with E-state index in [-0.39, 0.29) is 18.1 Å². The molecule has 0 spiro atoms. The summed E-state index contributed by atoms with van der Waals surface area (Å²) < 4.78 is 0. The molecule has 0 aromatic heterocycles. The molecule has 0 saturated carbocycles. The number of anilines is 1. The average molecular weight is 363 g/mol. The molecule has 2 aromatic carbocycles. The van der Waals surface area contributed by atoms with E-state index >= 15 is 0 Å². The van der Waals surface area contributed by atoms with Crippen molar-refractivity contribution in [2.24, 2.45) is 0 Å². The molecule has 0 unspecified atom stereocenters. The normalized spacial score (nSPS) is 10.2. The molecule has 7 heteroatoms. The van der Waals surface area contributed by atoms with Crippen LogP contribution >= 0.6 is 0 Å². The van der Waals surface area contributed by atoms with Crippen LogP contribution in [0.25, 0.3) is 6.08 Å². The van der Waals surface area contributed by atoms with Crippen molar-refractivity contribution in [3.8, 4) is 12.3 Å². The van der Waals surface area contributed by atoms with Gasteiger partial charge in [-0.3, -0.25) is 24.6 Å². The third kappa shape index (κ3) is 5.28. The maximum absolute atomic E-state index is 12.6. The second-order valence-electron chi connectivity index (χ2n) is 5.47. The van der Waals surface area contributed by atoms with Gasteiger partial charge in [-0.05, 0) is 42.0 Å². The number of terminal acetylenes is 1. The van der Waals surface area contributed by atoms with Gasteiger partial charge in [0, 0.05) is 36.5 Å². The molecule has 0 aliphatic heterocycles. The molecular formula is C20H17N3O4. The monoisotopic (exact) mass is 363 g/mol. The van der Waals surface area contributed by atoms with Crippen molar-refractivity contribution in [1.82, 2.24) is 5.32 Å². The average Bonchev–Trinajstić information content (AvgIpc) is 2.70. The van der Waals surface area contributed by atoms with E-state index < -0.39 is 10.8 Å². The van der Waals surface area contributed by atoms with Crippen LogP contribution in [0.3, 0.4) is 0 Å². The van der Waals surface area contributed by atoms with Crippen LogP contribution in [-0.4, -0.2) is 30.3 Å². The number of nitro benzene ring substituents is 1. The highest BCUT2D eigenvalue weighted by atomic mass is 16.6. The molecule has 1 N–H and O–H groups in total. The molecule has 0 radical (unpaired) electrons. The van der Waals surface area contributed by atoms with Gasteiger partial charge in [-0.1, -0.05) is 12.0 Å². The number of rotatable bonds is 6. The second-order valence-corrected chi connectivity index (χ2v) is 5.47. The van der Waals surface area contributed by atoms with E-state index in [4.69, 9.17) is 6.42 Å². The molecule has 27 heavy (non-hydrogen) atoms. The summed E-state index contributed by atoms with van der Waals surface area (Å²) in [5.41, 5.74) is 1.66. The highest BCUT2D eigenvalue weighted by molar-refractivity contribution is 6.06. The first-order valence-electron chi connectivity index (χ1n) is 7.96. The zero-order valence-corrected chi connectivity index (χ0v) is 14.6. The number of nitrogens with one attached hydrogen (secondary N) is 1. The van der Waals surface area contributed by atoms with Gasteiger partial charge in [-0.15, -0.1) is 6.42 Å². The van der Waals surface area contributed by atoms with Gasteiger partial charge in [0.2, 0.25) is 5.91 Å². The number of benzene rings is 2. The summed E-state index contributed by atoms with van der Waals surface area (Å²) in [5.74, 6) is 1.73. The van der Waals surface area contributed by atoms with Crippen LogP contribution in [0.4, 0.5) is 11.4 Å². The minimum atomic E-state index is -0.498. The van der Waals surface area contributed by atoms with Crippen LogP contribution in [0, 0.1) is 22.5 Å². The summed E-state index contributed by atoms with van der Waals surface area (Å²) in [5, 5.41) is 13.2. The summed E-state index contributed by atoms with van der Waals surface area (Å²) in [7, 11) is 1.48. The minimum Gasteiger partial charge on any atom is -0.358 e. The van der Waals surface area contributed by atoms with Crippen LogP contribution in [0.1, 0.15) is 11.1 Å². The number of non-ortho nitro benzene ring substituents is 1. The lowest BCUT2D eigenvalue weighted by atomic mass is 10.1. The van der Waals surface area contributed by atoms with Crippen molar-refractivity contribution in [2.75, 3.05) is 18.5 Å². The first-order chi connectivity index (χ1) is 12.9. The van der Waals surface area contributed by atoms with E-state index in [1.165, 1.54) is 48.4 Å². The first kappa shape index (κ1) is 19.4. The van der Waals surface area contributed by atoms with Gasteiger partial charge in [-0.2, -0.15) is 0 Å². The Hall–Kier alpha value is -3.92. The van der Waals surface area contributed by atoms with Gasteiger partial charge < -0.3 is 5.32 Å². The molecule has 0 heterocycles. The number of carbonyl (C=O) groups is 2. The highest BCUT2D eigenvalue weighted by Gasteiger charge is 2.17. The Bertz CT molecular complexity index is 927. The zero-order chi connectivity index (χ0) is 19.8. The fourth-order valence-electron chi connectivity index (χ4n) is 2.25. The highest BCUT2D eigenvalue weighted by Crippen LogP contribution is 2.17. The van der Waals surface area contributed by atoms with Gasteiger partial charge in [-0.25, -0.2) is 0 Å². The van der Waals surface area contributed by atoms with E-state index in [0.717, 1.165) is 0 Å². The molecule has 0 fully saturated rings. The molecule has 0 atom stereocenters. The minimum absolute atomic E-state index is 0.0363. The van der Waals surface area contributed by atoms with Crippen LogP contribution in [0.2, 0.25) is 0 Å². The topological polar surface area (TPSA) is 92.6 Å². The number of hydrogen-bond acceptors (Lipinski definition) is 4. The Balaban J connectivity index is 2.26. The third-order valence-electron chi connectivity index (χ3n) is 3.69. The van der Waals surface area contributed by atoms with E-state index in [9.17, 15) is 19.7 Å². The lowest BCUT2D eigenvalue weighted by molar-refractivity contribution is -0.384. The predicted octanol–water partition coefficient (Wildman–Crippen LogP) is 2.37. The van der Waals surface area contributed by atoms with Gasteiger partial charge in [0.1, 0.15) is 6.54 Å². The molecule has 2 rings (SSSR count). The predicted molar refractivity (Wildman–Crippen MR) is 103 cm³/mol. The fraction of sp³-hybridized carbons (Fsp3) is 0.100. The summed E-state index contributed by atoms with van der Waals surface area (Å²) in [6, 6.07) is 12.5. The first-order valence-corrected chi connectivity index (χ1v) is 7.96. The quantitative estimate of drug-likeness (QED) is 0.369. The van der Waals surface area contributed by atoms with Crippen LogP contribution in [0.5, 0.6) is 0 Å². The fourth-order valence-corrected chi connectivity index (χ4v) is 2.25. The largest absolute Gasteiger partial charge is 0.358 e. The Morgan fingerprint density at radius 2 is 1.96 bits per heavy atom. The molecule has 2 amide bonds. The van der Waals surface area contributed by atoms with Gasteiger partial charge in [0.05, 0.1) is 4.92 Å². The smallest absolute Gasteiger partial charge is 0.269 e. The van der Waals surface area contributed by atoms with E-state index in [1.54, 1.807) is 24.3 Å². The van der Waals surface area contributed by atoms with Crippen molar-refractivity contribution in [2.45, 2.75) is 0 Å². The van der Waals surface area contributed by atoms with Crippen LogP contribution in [0.15, 0.2) is 54.6 Å². The lowest BCUT2D eigenvalue weighted by Crippen LogP contribution is -2.39. The number of likely N-dealkylation sites (N-methyl/N-ethyl adjacent to an activating group) is 1. The van der Waals surface area contributed by atoms with Crippen molar-refractivity contribution >= 4 is 29.3 Å². The molecule has 136 valence electrons. The molecule has 2 aromatic rings. The van der Waals surface area contributed by atoms with E-state index in [2.05, 4.69) is 11.2 Å². The Morgan fingerprint density at radius 1 is 1.26 bits per heavy atom.